The SMILES string of the molecule is CN1CCC(CCNCC2(C#N)CC2)C1. The third-order valence-corrected chi connectivity index (χ3v) is 3.77. The zero-order valence-corrected chi connectivity index (χ0v) is 9.63. The molecular formula is C12H21N3. The number of likely N-dealkylation sites (tertiary alicyclic amines) is 1. The first-order valence-electron chi connectivity index (χ1n) is 6.05. The molecule has 1 aliphatic heterocycles. The molecule has 3 nitrogen and oxygen atoms in total. The molecule has 1 atom stereocenters. The summed E-state index contributed by atoms with van der Waals surface area (Å²) in [6, 6.07) is 2.42. The van der Waals surface area contributed by atoms with Crippen molar-refractivity contribution in [2.75, 3.05) is 33.2 Å². The number of hydrogen-bond acceptors (Lipinski definition) is 3. The molecule has 1 saturated heterocycles. The van der Waals surface area contributed by atoms with Crippen LogP contribution < -0.4 is 5.32 Å². The van der Waals surface area contributed by atoms with E-state index in [0.29, 0.717) is 0 Å². The van der Waals surface area contributed by atoms with Crippen LogP contribution in [0.2, 0.25) is 0 Å². The molecule has 1 saturated carbocycles. The fraction of sp³-hybridized carbons (Fsp3) is 0.917. The fourth-order valence-electron chi connectivity index (χ4n) is 2.37. The van der Waals surface area contributed by atoms with Crippen LogP contribution in [0.1, 0.15) is 25.7 Å². The van der Waals surface area contributed by atoms with Crippen LogP contribution in [0, 0.1) is 22.7 Å². The summed E-state index contributed by atoms with van der Waals surface area (Å²) in [6.07, 6.45) is 4.82. The van der Waals surface area contributed by atoms with E-state index in [1.165, 1.54) is 25.9 Å². The van der Waals surface area contributed by atoms with E-state index < -0.39 is 0 Å². The zero-order valence-electron chi connectivity index (χ0n) is 9.63. The average molecular weight is 207 g/mol. The maximum atomic E-state index is 8.91. The quantitative estimate of drug-likeness (QED) is 0.689. The minimum Gasteiger partial charge on any atom is -0.315 e. The first kappa shape index (κ1) is 10.9. The van der Waals surface area contributed by atoms with Gasteiger partial charge in [0.05, 0.1) is 11.5 Å². The molecule has 3 heteroatoms. The molecule has 2 aliphatic rings. The Kier molecular flexibility index (Phi) is 3.28. The highest BCUT2D eigenvalue weighted by molar-refractivity contribution is 5.10. The summed E-state index contributed by atoms with van der Waals surface area (Å²) in [5.41, 5.74) is 0.0203. The third-order valence-electron chi connectivity index (χ3n) is 3.77. The molecule has 1 unspecified atom stereocenters. The lowest BCUT2D eigenvalue weighted by Gasteiger charge is -2.12. The van der Waals surface area contributed by atoms with Gasteiger partial charge in [-0.2, -0.15) is 5.26 Å². The van der Waals surface area contributed by atoms with Crippen LogP contribution in [0.15, 0.2) is 0 Å². The Balaban J connectivity index is 1.54. The van der Waals surface area contributed by atoms with Crippen molar-refractivity contribution in [1.82, 2.24) is 10.2 Å². The van der Waals surface area contributed by atoms with Crippen LogP contribution in [-0.2, 0) is 0 Å². The molecule has 15 heavy (non-hydrogen) atoms. The maximum absolute atomic E-state index is 8.91. The lowest BCUT2D eigenvalue weighted by molar-refractivity contribution is 0.383. The van der Waals surface area contributed by atoms with Crippen molar-refractivity contribution in [1.29, 1.82) is 5.26 Å². The van der Waals surface area contributed by atoms with E-state index in [0.717, 1.165) is 31.8 Å². The van der Waals surface area contributed by atoms with Crippen LogP contribution in [0.5, 0.6) is 0 Å². The van der Waals surface area contributed by atoms with Crippen LogP contribution in [-0.4, -0.2) is 38.1 Å². The third kappa shape index (κ3) is 2.93. The molecular weight excluding hydrogens is 186 g/mol. The van der Waals surface area contributed by atoms with Gasteiger partial charge in [0.25, 0.3) is 0 Å². The standard InChI is InChI=1S/C12H21N3/c1-15-7-3-11(8-15)2-6-14-10-12(9-13)4-5-12/h11,14H,2-8,10H2,1H3. The summed E-state index contributed by atoms with van der Waals surface area (Å²) in [5, 5.41) is 12.3. The molecule has 2 fully saturated rings. The Morgan fingerprint density at radius 3 is 2.87 bits per heavy atom. The van der Waals surface area contributed by atoms with Gasteiger partial charge in [0.2, 0.25) is 0 Å². The van der Waals surface area contributed by atoms with Crippen molar-refractivity contribution in [3.63, 3.8) is 0 Å². The van der Waals surface area contributed by atoms with Crippen LogP contribution in [0.3, 0.4) is 0 Å². The van der Waals surface area contributed by atoms with Gasteiger partial charge >= 0.3 is 0 Å². The lowest BCUT2D eigenvalue weighted by atomic mass is 10.0. The monoisotopic (exact) mass is 207 g/mol. The van der Waals surface area contributed by atoms with Crippen molar-refractivity contribution in [3.8, 4) is 6.07 Å². The molecule has 0 aromatic heterocycles. The highest BCUT2D eigenvalue weighted by atomic mass is 15.1. The Morgan fingerprint density at radius 2 is 2.33 bits per heavy atom. The summed E-state index contributed by atoms with van der Waals surface area (Å²) < 4.78 is 0. The predicted molar refractivity (Wildman–Crippen MR) is 60.4 cm³/mol. The van der Waals surface area contributed by atoms with Crippen LogP contribution >= 0.6 is 0 Å². The second-order valence-corrected chi connectivity index (χ2v) is 5.27. The second kappa shape index (κ2) is 4.51. The molecule has 0 aromatic carbocycles. The van der Waals surface area contributed by atoms with Gasteiger partial charge in [-0.25, -0.2) is 0 Å². The van der Waals surface area contributed by atoms with E-state index >= 15 is 0 Å². The van der Waals surface area contributed by atoms with Crippen LogP contribution in [0.4, 0.5) is 0 Å². The topological polar surface area (TPSA) is 39.1 Å². The molecule has 0 aromatic rings. The normalized spacial score (nSPS) is 28.9. The van der Waals surface area contributed by atoms with E-state index in [1.807, 2.05) is 0 Å². The number of nitrogens with zero attached hydrogens (tertiary/aromatic N) is 2. The average Bonchev–Trinajstić information content (AvgIpc) is 2.91. The largest absolute Gasteiger partial charge is 0.315 e. The first-order chi connectivity index (χ1) is 7.24. The molecule has 0 spiro atoms. The van der Waals surface area contributed by atoms with Gasteiger partial charge < -0.3 is 10.2 Å². The van der Waals surface area contributed by atoms with Crippen molar-refractivity contribution in [2.45, 2.75) is 25.7 Å². The van der Waals surface area contributed by atoms with Crippen LogP contribution in [0.25, 0.3) is 0 Å². The summed E-state index contributed by atoms with van der Waals surface area (Å²) in [7, 11) is 2.20. The van der Waals surface area contributed by atoms with E-state index in [-0.39, 0.29) is 5.41 Å². The molecule has 84 valence electrons. The Labute approximate surface area is 92.4 Å². The summed E-state index contributed by atoms with van der Waals surface area (Å²) in [6.45, 7) is 4.51. The minimum absolute atomic E-state index is 0.0203. The van der Waals surface area contributed by atoms with E-state index in [9.17, 15) is 0 Å². The highest BCUT2D eigenvalue weighted by Gasteiger charge is 2.42. The summed E-state index contributed by atoms with van der Waals surface area (Å²) in [4.78, 5) is 2.41. The maximum Gasteiger partial charge on any atom is 0.0703 e. The van der Waals surface area contributed by atoms with Gasteiger partial charge in [-0.3, -0.25) is 0 Å². The van der Waals surface area contributed by atoms with Gasteiger partial charge in [0, 0.05) is 13.1 Å². The highest BCUT2D eigenvalue weighted by Crippen LogP contribution is 2.43. The van der Waals surface area contributed by atoms with E-state index in [1.54, 1.807) is 0 Å². The molecule has 0 radical (unpaired) electrons. The molecule has 1 aliphatic carbocycles. The van der Waals surface area contributed by atoms with Gasteiger partial charge in [-0.1, -0.05) is 0 Å². The van der Waals surface area contributed by atoms with E-state index in [2.05, 4.69) is 23.3 Å². The summed E-state index contributed by atoms with van der Waals surface area (Å²) >= 11 is 0. The van der Waals surface area contributed by atoms with Gasteiger partial charge in [0.15, 0.2) is 0 Å². The lowest BCUT2D eigenvalue weighted by Crippen LogP contribution is -2.26. The first-order valence-corrected chi connectivity index (χ1v) is 6.05. The van der Waals surface area contributed by atoms with Gasteiger partial charge in [0.1, 0.15) is 0 Å². The summed E-state index contributed by atoms with van der Waals surface area (Å²) in [5.74, 6) is 0.875. The molecule has 2 rings (SSSR count). The zero-order chi connectivity index (χ0) is 10.7. The number of nitriles is 1. The predicted octanol–water partition coefficient (Wildman–Crippen LogP) is 1.22. The number of hydrogen-bond donors (Lipinski definition) is 1. The second-order valence-electron chi connectivity index (χ2n) is 5.27. The Hall–Kier alpha value is -0.590. The minimum atomic E-state index is 0.0203. The van der Waals surface area contributed by atoms with Crippen molar-refractivity contribution in [2.24, 2.45) is 11.3 Å². The van der Waals surface area contributed by atoms with Crippen molar-refractivity contribution >= 4 is 0 Å². The van der Waals surface area contributed by atoms with Gasteiger partial charge in [-0.05, 0) is 51.7 Å². The fourth-order valence-corrected chi connectivity index (χ4v) is 2.37. The van der Waals surface area contributed by atoms with E-state index in [4.69, 9.17) is 5.26 Å². The molecule has 1 N–H and O–H groups in total. The molecule has 0 bridgehead atoms. The number of rotatable bonds is 5. The Bertz CT molecular complexity index is 252. The van der Waals surface area contributed by atoms with Crippen molar-refractivity contribution in [3.05, 3.63) is 0 Å². The molecule has 1 heterocycles. The smallest absolute Gasteiger partial charge is 0.0703 e. The van der Waals surface area contributed by atoms with Gasteiger partial charge in [-0.15, -0.1) is 0 Å². The Morgan fingerprint density at radius 1 is 1.53 bits per heavy atom. The van der Waals surface area contributed by atoms with Crippen molar-refractivity contribution < 1.29 is 0 Å². The molecule has 0 amide bonds. The number of nitrogens with one attached hydrogen (secondary N) is 1.